The maximum Gasteiger partial charge on any atom is 0.306 e. The number of carbonyl (C=O) groups is 2. The Balaban J connectivity index is 1.56. The standard InChI is InChI=1S/C23H21F2N5O2/c1-3-30-19-6-4-5-15(18(19)13-28-30)17-12-27-10-9-16(17)20(31)7-8-22(32)29-14-23(24,25)11-21(29)26-2/h4-6,9-10,12-13,21H,3,7-8,11,14H2,1H3/t21-/m0/s1. The van der Waals surface area contributed by atoms with E-state index in [1.165, 1.54) is 6.20 Å². The predicted molar refractivity (Wildman–Crippen MR) is 114 cm³/mol. The number of nitrogens with zero attached hydrogens (tertiary/aromatic N) is 5. The van der Waals surface area contributed by atoms with Gasteiger partial charge in [0.1, 0.15) is 6.42 Å². The minimum Gasteiger partial charge on any atom is -0.294 e. The van der Waals surface area contributed by atoms with Gasteiger partial charge in [0.15, 0.2) is 5.78 Å². The topological polar surface area (TPSA) is 72.5 Å². The van der Waals surface area contributed by atoms with Gasteiger partial charge in [-0.15, -0.1) is 0 Å². The summed E-state index contributed by atoms with van der Waals surface area (Å²) < 4.78 is 29.1. The summed E-state index contributed by atoms with van der Waals surface area (Å²) in [5.41, 5.74) is 2.76. The Morgan fingerprint density at radius 2 is 2.03 bits per heavy atom. The Morgan fingerprint density at radius 3 is 2.78 bits per heavy atom. The number of rotatable bonds is 6. The van der Waals surface area contributed by atoms with E-state index in [0.717, 1.165) is 21.4 Å². The van der Waals surface area contributed by atoms with E-state index >= 15 is 0 Å². The van der Waals surface area contributed by atoms with E-state index in [1.54, 1.807) is 18.5 Å². The molecule has 1 amide bonds. The SMILES string of the molecule is [C-]#[N+][C@@H]1CC(F)(F)CN1C(=O)CCC(=O)c1ccncc1-c1cccc2c1cnn2CC. The number of fused-ring (bicyclic) bond motifs is 1. The van der Waals surface area contributed by atoms with Crippen LogP contribution in [0.25, 0.3) is 26.9 Å². The Kier molecular flexibility index (Phi) is 5.70. The fraction of sp³-hybridized carbons (Fsp3) is 0.348. The van der Waals surface area contributed by atoms with Gasteiger partial charge in [-0.2, -0.15) is 5.10 Å². The van der Waals surface area contributed by atoms with Crippen LogP contribution in [-0.4, -0.2) is 50.0 Å². The van der Waals surface area contributed by atoms with Gasteiger partial charge in [-0.3, -0.25) is 29.0 Å². The molecule has 4 rings (SSSR count). The van der Waals surface area contributed by atoms with Crippen LogP contribution in [-0.2, 0) is 11.3 Å². The fourth-order valence-corrected chi connectivity index (χ4v) is 4.11. The number of aryl methyl sites for hydroxylation is 1. The molecule has 1 aliphatic heterocycles. The van der Waals surface area contributed by atoms with Gasteiger partial charge in [-0.1, -0.05) is 12.1 Å². The van der Waals surface area contributed by atoms with Crippen molar-refractivity contribution in [2.24, 2.45) is 0 Å². The van der Waals surface area contributed by atoms with E-state index in [2.05, 4.69) is 14.9 Å². The largest absolute Gasteiger partial charge is 0.306 e. The van der Waals surface area contributed by atoms with E-state index in [9.17, 15) is 18.4 Å². The zero-order valence-corrected chi connectivity index (χ0v) is 17.5. The summed E-state index contributed by atoms with van der Waals surface area (Å²) in [7, 11) is 0. The van der Waals surface area contributed by atoms with E-state index in [0.29, 0.717) is 17.7 Å². The third-order valence-corrected chi connectivity index (χ3v) is 5.68. The summed E-state index contributed by atoms with van der Waals surface area (Å²) in [6.07, 6.45) is 2.62. The van der Waals surface area contributed by atoms with Crippen molar-refractivity contribution in [2.75, 3.05) is 6.54 Å². The Bertz CT molecular complexity index is 1230. The molecule has 1 aromatic carbocycles. The molecular formula is C23H21F2N5O2. The highest BCUT2D eigenvalue weighted by molar-refractivity contribution is 6.06. The van der Waals surface area contributed by atoms with Crippen LogP contribution in [0.5, 0.6) is 0 Å². The minimum absolute atomic E-state index is 0.146. The average Bonchev–Trinajstić information content (AvgIpc) is 3.36. The molecule has 1 saturated heterocycles. The molecule has 1 fully saturated rings. The number of halogens is 2. The number of aromatic nitrogens is 3. The predicted octanol–water partition coefficient (Wildman–Crippen LogP) is 4.19. The van der Waals surface area contributed by atoms with Crippen LogP contribution < -0.4 is 0 Å². The maximum absolute atomic E-state index is 13.6. The van der Waals surface area contributed by atoms with Gasteiger partial charge in [0.2, 0.25) is 5.91 Å². The Morgan fingerprint density at radius 1 is 1.22 bits per heavy atom. The van der Waals surface area contributed by atoms with Crippen molar-refractivity contribution in [3.63, 3.8) is 0 Å². The molecule has 0 radical (unpaired) electrons. The normalized spacial score (nSPS) is 17.4. The number of hydrogen-bond donors (Lipinski definition) is 0. The molecule has 1 aliphatic rings. The molecule has 164 valence electrons. The van der Waals surface area contributed by atoms with Crippen molar-refractivity contribution in [1.82, 2.24) is 19.7 Å². The minimum atomic E-state index is -3.07. The molecule has 0 spiro atoms. The number of alkyl halides is 2. The van der Waals surface area contributed by atoms with Crippen LogP contribution in [0.2, 0.25) is 0 Å². The number of likely N-dealkylation sites (tertiary alicyclic amines) is 1. The summed E-state index contributed by atoms with van der Waals surface area (Å²) in [4.78, 5) is 33.7. The lowest BCUT2D eigenvalue weighted by molar-refractivity contribution is -0.132. The van der Waals surface area contributed by atoms with Crippen LogP contribution in [0.3, 0.4) is 0 Å². The van der Waals surface area contributed by atoms with Crippen molar-refractivity contribution in [3.8, 4) is 11.1 Å². The third-order valence-electron chi connectivity index (χ3n) is 5.68. The Hall–Kier alpha value is -3.67. The average molecular weight is 437 g/mol. The van der Waals surface area contributed by atoms with Crippen LogP contribution in [0.15, 0.2) is 42.9 Å². The first-order chi connectivity index (χ1) is 15.3. The second-order valence-corrected chi connectivity index (χ2v) is 7.73. The molecule has 9 heteroatoms. The summed E-state index contributed by atoms with van der Waals surface area (Å²) in [6, 6.07) is 7.31. The number of amides is 1. The molecule has 1 atom stereocenters. The van der Waals surface area contributed by atoms with E-state index in [-0.39, 0.29) is 18.6 Å². The first-order valence-corrected chi connectivity index (χ1v) is 10.3. The molecule has 3 heterocycles. The molecule has 0 saturated carbocycles. The van der Waals surface area contributed by atoms with Gasteiger partial charge < -0.3 is 0 Å². The molecule has 0 aliphatic carbocycles. The summed E-state index contributed by atoms with van der Waals surface area (Å²) in [5, 5.41) is 5.26. The molecule has 0 bridgehead atoms. The second-order valence-electron chi connectivity index (χ2n) is 7.73. The summed E-state index contributed by atoms with van der Waals surface area (Å²) in [6.45, 7) is 8.99. The highest BCUT2D eigenvalue weighted by Crippen LogP contribution is 2.34. The number of carbonyl (C=O) groups excluding carboxylic acids is 2. The number of benzene rings is 1. The van der Waals surface area contributed by atoms with Crippen molar-refractivity contribution < 1.29 is 18.4 Å². The third kappa shape index (κ3) is 3.96. The monoisotopic (exact) mass is 437 g/mol. The number of Topliss-reactive ketones (excluding diaryl/α,β-unsaturated/α-hetero) is 1. The van der Waals surface area contributed by atoms with Gasteiger partial charge in [0.05, 0.1) is 18.3 Å². The number of pyridine rings is 1. The van der Waals surface area contributed by atoms with Crippen molar-refractivity contribution >= 4 is 22.6 Å². The van der Waals surface area contributed by atoms with Crippen LogP contribution in [0.1, 0.15) is 36.5 Å². The molecule has 0 N–H and O–H groups in total. The first kappa shape index (κ1) is 21.6. The molecule has 2 aromatic heterocycles. The van der Waals surface area contributed by atoms with Crippen molar-refractivity contribution in [3.05, 3.63) is 59.8 Å². The zero-order chi connectivity index (χ0) is 22.9. The summed E-state index contributed by atoms with van der Waals surface area (Å²) >= 11 is 0. The summed E-state index contributed by atoms with van der Waals surface area (Å²) in [5.74, 6) is -3.98. The van der Waals surface area contributed by atoms with Gasteiger partial charge in [0.25, 0.3) is 5.92 Å². The van der Waals surface area contributed by atoms with Crippen LogP contribution >= 0.6 is 0 Å². The van der Waals surface area contributed by atoms with Crippen LogP contribution in [0.4, 0.5) is 8.78 Å². The van der Waals surface area contributed by atoms with E-state index < -0.39 is 31.0 Å². The smallest absolute Gasteiger partial charge is 0.294 e. The lowest BCUT2D eigenvalue weighted by Crippen LogP contribution is -2.35. The molecule has 32 heavy (non-hydrogen) atoms. The van der Waals surface area contributed by atoms with Gasteiger partial charge in [0, 0.05) is 48.3 Å². The zero-order valence-electron chi connectivity index (χ0n) is 17.5. The fourth-order valence-electron chi connectivity index (χ4n) is 4.11. The number of ketones is 1. The number of hydrogen-bond acceptors (Lipinski definition) is 4. The molecule has 3 aromatic rings. The van der Waals surface area contributed by atoms with E-state index in [4.69, 9.17) is 6.57 Å². The molecule has 0 unspecified atom stereocenters. The van der Waals surface area contributed by atoms with Gasteiger partial charge in [-0.25, -0.2) is 15.4 Å². The highest BCUT2D eigenvalue weighted by atomic mass is 19.3. The quantitative estimate of drug-likeness (QED) is 0.428. The second kappa shape index (κ2) is 8.46. The maximum atomic E-state index is 13.6. The molecule has 7 nitrogen and oxygen atoms in total. The highest BCUT2D eigenvalue weighted by Gasteiger charge is 2.50. The lowest BCUT2D eigenvalue weighted by Gasteiger charge is -2.16. The molecular weight excluding hydrogens is 416 g/mol. The van der Waals surface area contributed by atoms with Crippen LogP contribution in [0, 0.1) is 6.57 Å². The van der Waals surface area contributed by atoms with Gasteiger partial charge >= 0.3 is 6.17 Å². The first-order valence-electron chi connectivity index (χ1n) is 10.3. The van der Waals surface area contributed by atoms with Crippen molar-refractivity contribution in [2.45, 2.75) is 44.8 Å². The van der Waals surface area contributed by atoms with Gasteiger partial charge in [-0.05, 0) is 24.6 Å². The lowest BCUT2D eigenvalue weighted by atomic mass is 9.95. The van der Waals surface area contributed by atoms with E-state index in [1.807, 2.05) is 29.8 Å². The Labute approximate surface area is 183 Å². The van der Waals surface area contributed by atoms with Crippen molar-refractivity contribution in [1.29, 1.82) is 0 Å².